The van der Waals surface area contributed by atoms with Crippen LogP contribution in [0.3, 0.4) is 0 Å². The predicted octanol–water partition coefficient (Wildman–Crippen LogP) is 2.77. The highest BCUT2D eigenvalue weighted by atomic mass is 16.6. The number of oxime groups is 1. The molecule has 0 radical (unpaired) electrons. The maximum Gasteiger partial charge on any atom is 0.410 e. The maximum atomic E-state index is 12.4. The zero-order valence-electron chi connectivity index (χ0n) is 16.5. The molecule has 0 aromatic carbocycles. The van der Waals surface area contributed by atoms with Gasteiger partial charge in [0.2, 0.25) is 0 Å². The van der Waals surface area contributed by atoms with Gasteiger partial charge >= 0.3 is 12.2 Å². The number of nitrogens with one attached hydrogen (secondary N) is 1. The third-order valence-corrected chi connectivity index (χ3v) is 3.45. The molecule has 1 rings (SSSR count). The normalized spacial score (nSPS) is 22.7. The van der Waals surface area contributed by atoms with Crippen LogP contribution in [0.15, 0.2) is 5.16 Å². The van der Waals surface area contributed by atoms with Crippen molar-refractivity contribution >= 4 is 17.9 Å². The average Bonchev–Trinajstić information content (AvgIpc) is 2.71. The lowest BCUT2D eigenvalue weighted by Gasteiger charge is -2.26. The SMILES string of the molecule is CON=C1C(CNC(=O)OC(C)(C)C)CN(C(=O)OC(C)(C)C)[C@H]1C. The van der Waals surface area contributed by atoms with E-state index in [2.05, 4.69) is 10.5 Å². The molecule has 8 nitrogen and oxygen atoms in total. The van der Waals surface area contributed by atoms with E-state index in [0.29, 0.717) is 18.8 Å². The highest BCUT2D eigenvalue weighted by Crippen LogP contribution is 2.23. The van der Waals surface area contributed by atoms with Crippen molar-refractivity contribution in [2.75, 3.05) is 20.2 Å². The molecule has 1 unspecified atom stereocenters. The summed E-state index contributed by atoms with van der Waals surface area (Å²) in [7, 11) is 1.45. The molecule has 1 aliphatic rings. The Balaban J connectivity index is 2.77. The molecule has 0 aromatic rings. The average molecular weight is 357 g/mol. The molecule has 1 aliphatic heterocycles. The zero-order chi connectivity index (χ0) is 19.4. The smallest absolute Gasteiger partial charge is 0.410 e. The van der Waals surface area contributed by atoms with Crippen LogP contribution in [0.4, 0.5) is 9.59 Å². The number of alkyl carbamates (subject to hydrolysis) is 1. The van der Waals surface area contributed by atoms with Gasteiger partial charge in [-0.15, -0.1) is 0 Å². The third kappa shape index (κ3) is 6.80. The van der Waals surface area contributed by atoms with Crippen molar-refractivity contribution in [1.82, 2.24) is 10.2 Å². The highest BCUT2D eigenvalue weighted by Gasteiger charge is 2.41. The van der Waals surface area contributed by atoms with Crippen LogP contribution in [0, 0.1) is 5.92 Å². The van der Waals surface area contributed by atoms with Crippen LogP contribution in [-0.2, 0) is 14.3 Å². The Morgan fingerprint density at radius 1 is 1.16 bits per heavy atom. The molecule has 1 N–H and O–H groups in total. The van der Waals surface area contributed by atoms with Gasteiger partial charge in [-0.1, -0.05) is 5.16 Å². The minimum absolute atomic E-state index is 0.171. The maximum absolute atomic E-state index is 12.4. The summed E-state index contributed by atoms with van der Waals surface area (Å²) in [6.07, 6.45) is -0.920. The topological polar surface area (TPSA) is 89.5 Å². The van der Waals surface area contributed by atoms with Gasteiger partial charge in [-0.2, -0.15) is 0 Å². The van der Waals surface area contributed by atoms with Gasteiger partial charge < -0.3 is 19.6 Å². The van der Waals surface area contributed by atoms with Crippen LogP contribution in [0.2, 0.25) is 0 Å². The number of amides is 2. The summed E-state index contributed by atoms with van der Waals surface area (Å²) in [5, 5.41) is 6.76. The number of nitrogens with zero attached hydrogens (tertiary/aromatic N) is 2. The van der Waals surface area contributed by atoms with E-state index in [0.717, 1.165) is 0 Å². The Morgan fingerprint density at radius 2 is 1.72 bits per heavy atom. The molecule has 0 saturated carbocycles. The molecule has 2 atom stereocenters. The van der Waals surface area contributed by atoms with Crippen molar-refractivity contribution < 1.29 is 23.9 Å². The molecule has 8 heteroatoms. The van der Waals surface area contributed by atoms with Gasteiger partial charge in [0.15, 0.2) is 0 Å². The second-order valence-corrected chi connectivity index (χ2v) is 8.09. The number of likely N-dealkylation sites (tertiary alicyclic amines) is 1. The molecule has 25 heavy (non-hydrogen) atoms. The highest BCUT2D eigenvalue weighted by molar-refractivity contribution is 5.96. The van der Waals surface area contributed by atoms with Crippen molar-refractivity contribution in [2.24, 2.45) is 11.1 Å². The number of rotatable bonds is 3. The Kier molecular flexibility index (Phi) is 6.68. The molecule has 2 amide bonds. The molecular weight excluding hydrogens is 326 g/mol. The fraction of sp³-hybridized carbons (Fsp3) is 0.824. The van der Waals surface area contributed by atoms with Gasteiger partial charge in [0.25, 0.3) is 0 Å². The molecule has 1 fully saturated rings. The lowest BCUT2D eigenvalue weighted by molar-refractivity contribution is 0.0245. The molecule has 0 aromatic heterocycles. The number of hydrogen-bond donors (Lipinski definition) is 1. The summed E-state index contributed by atoms with van der Waals surface area (Å²) in [5.41, 5.74) is -0.467. The van der Waals surface area contributed by atoms with E-state index in [-0.39, 0.29) is 12.0 Å². The molecule has 1 saturated heterocycles. The van der Waals surface area contributed by atoms with Crippen LogP contribution in [-0.4, -0.2) is 60.2 Å². The molecular formula is C17H31N3O5. The van der Waals surface area contributed by atoms with E-state index in [4.69, 9.17) is 14.3 Å². The molecule has 0 bridgehead atoms. The van der Waals surface area contributed by atoms with Crippen molar-refractivity contribution in [3.05, 3.63) is 0 Å². The first-order valence-corrected chi connectivity index (χ1v) is 8.41. The van der Waals surface area contributed by atoms with Gasteiger partial charge in [0, 0.05) is 19.0 Å². The zero-order valence-corrected chi connectivity index (χ0v) is 16.5. The van der Waals surface area contributed by atoms with E-state index in [1.54, 1.807) is 25.7 Å². The molecule has 1 heterocycles. The number of carbonyl (C=O) groups is 2. The van der Waals surface area contributed by atoms with Gasteiger partial charge in [-0.05, 0) is 48.5 Å². The van der Waals surface area contributed by atoms with E-state index < -0.39 is 23.4 Å². The van der Waals surface area contributed by atoms with Gasteiger partial charge in [-0.3, -0.25) is 4.90 Å². The van der Waals surface area contributed by atoms with Crippen molar-refractivity contribution in [2.45, 2.75) is 65.7 Å². The van der Waals surface area contributed by atoms with Crippen LogP contribution in [0.5, 0.6) is 0 Å². The van der Waals surface area contributed by atoms with Crippen molar-refractivity contribution in [1.29, 1.82) is 0 Å². The number of hydrogen-bond acceptors (Lipinski definition) is 6. The van der Waals surface area contributed by atoms with E-state index in [1.807, 2.05) is 27.7 Å². The summed E-state index contributed by atoms with van der Waals surface area (Å²) in [6.45, 7) is 13.4. The van der Waals surface area contributed by atoms with Crippen LogP contribution in [0.25, 0.3) is 0 Å². The first kappa shape index (κ1) is 21.1. The molecule has 0 spiro atoms. The first-order valence-electron chi connectivity index (χ1n) is 8.41. The fourth-order valence-electron chi connectivity index (χ4n) is 2.49. The summed E-state index contributed by atoms with van der Waals surface area (Å²) < 4.78 is 10.7. The van der Waals surface area contributed by atoms with E-state index in [1.165, 1.54) is 7.11 Å². The standard InChI is InChI=1S/C17H31N3O5/c1-11-13(19-23-8)12(9-18-14(21)24-16(2,3)4)10-20(11)15(22)25-17(5,6)7/h11-12H,9-10H2,1-8H3,(H,18,21)/t11-,12?/m0/s1. The van der Waals surface area contributed by atoms with Gasteiger partial charge in [-0.25, -0.2) is 9.59 Å². The summed E-state index contributed by atoms with van der Waals surface area (Å²) in [6, 6.07) is -0.278. The van der Waals surface area contributed by atoms with Crippen LogP contribution in [0.1, 0.15) is 48.5 Å². The van der Waals surface area contributed by atoms with Crippen LogP contribution >= 0.6 is 0 Å². The Hall–Kier alpha value is -1.99. The van der Waals surface area contributed by atoms with Gasteiger partial charge in [0.05, 0.1) is 11.8 Å². The largest absolute Gasteiger partial charge is 0.444 e. The minimum atomic E-state index is -0.581. The second kappa shape index (κ2) is 7.93. The monoisotopic (exact) mass is 357 g/mol. The lowest BCUT2D eigenvalue weighted by Crippen LogP contribution is -2.40. The predicted molar refractivity (Wildman–Crippen MR) is 94.6 cm³/mol. The molecule has 0 aliphatic carbocycles. The third-order valence-electron chi connectivity index (χ3n) is 3.45. The summed E-state index contributed by atoms with van der Waals surface area (Å²) in [4.78, 5) is 30.7. The second-order valence-electron chi connectivity index (χ2n) is 8.09. The van der Waals surface area contributed by atoms with E-state index >= 15 is 0 Å². The fourth-order valence-corrected chi connectivity index (χ4v) is 2.49. The minimum Gasteiger partial charge on any atom is -0.444 e. The Bertz CT molecular complexity index is 519. The Morgan fingerprint density at radius 3 is 2.20 bits per heavy atom. The number of ether oxygens (including phenoxy) is 2. The Labute approximate surface area is 149 Å². The van der Waals surface area contributed by atoms with Crippen molar-refractivity contribution in [3.63, 3.8) is 0 Å². The summed E-state index contributed by atoms with van der Waals surface area (Å²) >= 11 is 0. The first-order chi connectivity index (χ1) is 11.3. The van der Waals surface area contributed by atoms with Crippen LogP contribution < -0.4 is 5.32 Å². The van der Waals surface area contributed by atoms with Crippen molar-refractivity contribution in [3.8, 4) is 0 Å². The van der Waals surface area contributed by atoms with Gasteiger partial charge in [0.1, 0.15) is 18.3 Å². The van der Waals surface area contributed by atoms with E-state index in [9.17, 15) is 9.59 Å². The molecule has 144 valence electrons. The summed E-state index contributed by atoms with van der Waals surface area (Å²) in [5.74, 6) is -0.171. The lowest BCUT2D eigenvalue weighted by atomic mass is 10.0. The number of carbonyl (C=O) groups excluding carboxylic acids is 2. The quantitative estimate of drug-likeness (QED) is 0.785.